The van der Waals surface area contributed by atoms with Crippen molar-refractivity contribution >= 4 is 28.7 Å². The number of furan rings is 1. The number of anilines is 2. The fraction of sp³-hybridized carbons (Fsp3) is 0.310. The molecule has 5 heterocycles. The predicted molar refractivity (Wildman–Crippen MR) is 149 cm³/mol. The van der Waals surface area contributed by atoms with E-state index < -0.39 is 0 Å². The summed E-state index contributed by atoms with van der Waals surface area (Å²) in [6.45, 7) is 8.38. The molecule has 4 aromatic rings. The molecule has 0 radical (unpaired) electrons. The standard InChI is InChI=1S/C29H31N5O2S/c1-20-18-25(21(2)33(20)19-24-6-5-15-36-24)28-27(26-7-3-4-12-30-26)31-29(37)34(28)23-10-8-22(9-11-23)32-13-16-35-17-14-32/h3-12,15,18,27-28H,13-14,16-17,19H2,1-2H3,(H,31,37). The van der Waals surface area contributed by atoms with Crippen LogP contribution in [0, 0.1) is 13.8 Å². The minimum atomic E-state index is -0.0785. The Bertz CT molecular complexity index is 1360. The lowest BCUT2D eigenvalue weighted by Gasteiger charge is -2.31. The van der Waals surface area contributed by atoms with Gasteiger partial charge in [0.05, 0.1) is 43.8 Å². The number of morpholine rings is 1. The maximum absolute atomic E-state index is 5.95. The molecule has 2 unspecified atom stereocenters. The summed E-state index contributed by atoms with van der Waals surface area (Å²) in [6, 6.07) is 20.9. The van der Waals surface area contributed by atoms with Gasteiger partial charge in [0.1, 0.15) is 5.76 Å². The predicted octanol–water partition coefficient (Wildman–Crippen LogP) is 5.15. The molecule has 190 valence electrons. The van der Waals surface area contributed by atoms with E-state index in [0.29, 0.717) is 11.7 Å². The SMILES string of the molecule is Cc1cc(C2C(c3ccccn3)NC(=S)N2c2ccc(N3CCOCC3)cc2)c(C)n1Cc1ccco1. The van der Waals surface area contributed by atoms with Gasteiger partial charge in [0.2, 0.25) is 0 Å². The maximum atomic E-state index is 5.95. The largest absolute Gasteiger partial charge is 0.467 e. The Balaban J connectivity index is 1.39. The first-order valence-electron chi connectivity index (χ1n) is 12.7. The Morgan fingerprint density at radius 3 is 2.49 bits per heavy atom. The van der Waals surface area contributed by atoms with Crippen LogP contribution in [0.4, 0.5) is 11.4 Å². The molecule has 0 saturated carbocycles. The van der Waals surface area contributed by atoms with Gasteiger partial charge in [-0.3, -0.25) is 4.98 Å². The van der Waals surface area contributed by atoms with E-state index in [1.54, 1.807) is 6.26 Å². The van der Waals surface area contributed by atoms with Gasteiger partial charge in [0, 0.05) is 42.0 Å². The Labute approximate surface area is 222 Å². The fourth-order valence-electron chi connectivity index (χ4n) is 5.52. The highest BCUT2D eigenvalue weighted by Gasteiger charge is 2.42. The molecule has 8 heteroatoms. The number of nitrogens with zero attached hydrogens (tertiary/aromatic N) is 4. The smallest absolute Gasteiger partial charge is 0.174 e. The van der Waals surface area contributed by atoms with Gasteiger partial charge >= 0.3 is 0 Å². The van der Waals surface area contributed by atoms with E-state index in [-0.39, 0.29) is 12.1 Å². The highest BCUT2D eigenvalue weighted by molar-refractivity contribution is 7.80. The topological polar surface area (TPSA) is 58.7 Å². The van der Waals surface area contributed by atoms with Crippen LogP contribution >= 0.6 is 12.2 Å². The van der Waals surface area contributed by atoms with E-state index in [1.165, 1.54) is 22.6 Å². The van der Waals surface area contributed by atoms with Crippen LogP contribution in [0.15, 0.2) is 77.5 Å². The Hall–Kier alpha value is -3.62. The number of aromatic nitrogens is 2. The van der Waals surface area contributed by atoms with Crippen LogP contribution in [-0.4, -0.2) is 41.0 Å². The number of thiocarbonyl (C=S) groups is 1. The van der Waals surface area contributed by atoms with E-state index in [4.69, 9.17) is 26.4 Å². The third kappa shape index (κ3) is 4.51. The molecule has 0 spiro atoms. The van der Waals surface area contributed by atoms with Crippen molar-refractivity contribution in [1.82, 2.24) is 14.9 Å². The second-order valence-electron chi connectivity index (χ2n) is 9.60. The maximum Gasteiger partial charge on any atom is 0.174 e. The van der Waals surface area contributed by atoms with Crippen molar-refractivity contribution in [2.24, 2.45) is 0 Å². The van der Waals surface area contributed by atoms with Crippen molar-refractivity contribution in [2.45, 2.75) is 32.5 Å². The van der Waals surface area contributed by atoms with Gasteiger partial charge in [-0.25, -0.2) is 0 Å². The van der Waals surface area contributed by atoms with Gasteiger partial charge < -0.3 is 28.8 Å². The minimum Gasteiger partial charge on any atom is -0.467 e. The molecule has 7 nitrogen and oxygen atoms in total. The zero-order chi connectivity index (χ0) is 25.4. The second-order valence-corrected chi connectivity index (χ2v) is 9.99. The molecule has 2 aliphatic heterocycles. The van der Waals surface area contributed by atoms with Crippen LogP contribution < -0.4 is 15.1 Å². The van der Waals surface area contributed by atoms with Crippen LogP contribution in [0.2, 0.25) is 0 Å². The fourth-order valence-corrected chi connectivity index (χ4v) is 5.87. The lowest BCUT2D eigenvalue weighted by atomic mass is 9.96. The van der Waals surface area contributed by atoms with Gasteiger partial charge in [-0.1, -0.05) is 6.07 Å². The van der Waals surface area contributed by atoms with Crippen molar-refractivity contribution in [3.63, 3.8) is 0 Å². The van der Waals surface area contributed by atoms with Crippen LogP contribution in [0.3, 0.4) is 0 Å². The molecule has 1 N–H and O–H groups in total. The molecule has 2 aliphatic rings. The van der Waals surface area contributed by atoms with Crippen molar-refractivity contribution in [3.8, 4) is 0 Å². The van der Waals surface area contributed by atoms with Gasteiger partial charge in [0.15, 0.2) is 5.11 Å². The normalized spacial score (nSPS) is 19.9. The number of benzene rings is 1. The quantitative estimate of drug-likeness (QED) is 0.358. The summed E-state index contributed by atoms with van der Waals surface area (Å²) < 4.78 is 13.5. The van der Waals surface area contributed by atoms with E-state index >= 15 is 0 Å². The van der Waals surface area contributed by atoms with Crippen molar-refractivity contribution in [2.75, 3.05) is 36.1 Å². The monoisotopic (exact) mass is 513 g/mol. The number of ether oxygens (including phenoxy) is 1. The molecule has 0 aliphatic carbocycles. The number of rotatable bonds is 6. The molecule has 2 atom stereocenters. The molecule has 37 heavy (non-hydrogen) atoms. The van der Waals surface area contributed by atoms with Gasteiger partial charge in [0.25, 0.3) is 0 Å². The summed E-state index contributed by atoms with van der Waals surface area (Å²) in [5, 5.41) is 4.29. The van der Waals surface area contributed by atoms with Crippen LogP contribution in [0.1, 0.15) is 40.5 Å². The number of hydrogen-bond acceptors (Lipinski definition) is 5. The summed E-state index contributed by atoms with van der Waals surface area (Å²) >= 11 is 5.95. The van der Waals surface area contributed by atoms with Crippen molar-refractivity contribution in [1.29, 1.82) is 0 Å². The Morgan fingerprint density at radius 2 is 1.78 bits per heavy atom. The molecule has 2 fully saturated rings. The van der Waals surface area contributed by atoms with E-state index in [9.17, 15) is 0 Å². The second kappa shape index (κ2) is 10.0. The number of pyridine rings is 1. The average Bonchev–Trinajstić information content (AvgIpc) is 3.65. The lowest BCUT2D eigenvalue weighted by Crippen LogP contribution is -2.36. The van der Waals surface area contributed by atoms with Gasteiger partial charge in [-0.05, 0) is 86.2 Å². The van der Waals surface area contributed by atoms with Gasteiger partial charge in [-0.2, -0.15) is 0 Å². The van der Waals surface area contributed by atoms with E-state index in [1.807, 2.05) is 30.5 Å². The van der Waals surface area contributed by atoms with E-state index in [0.717, 1.165) is 43.4 Å². The molecule has 1 aromatic carbocycles. The summed E-state index contributed by atoms with van der Waals surface area (Å²) in [5.74, 6) is 0.935. The minimum absolute atomic E-state index is 0.0480. The summed E-state index contributed by atoms with van der Waals surface area (Å²) in [4.78, 5) is 9.32. The van der Waals surface area contributed by atoms with Gasteiger partial charge in [-0.15, -0.1) is 0 Å². The average molecular weight is 514 g/mol. The molecule has 3 aromatic heterocycles. The zero-order valence-electron chi connectivity index (χ0n) is 21.1. The third-order valence-corrected chi connectivity index (χ3v) is 7.74. The third-order valence-electron chi connectivity index (χ3n) is 7.43. The van der Waals surface area contributed by atoms with Crippen LogP contribution in [0.5, 0.6) is 0 Å². The molecule has 6 rings (SSSR count). The summed E-state index contributed by atoms with van der Waals surface area (Å²) in [5.41, 5.74) is 6.85. The summed E-state index contributed by atoms with van der Waals surface area (Å²) in [7, 11) is 0. The summed E-state index contributed by atoms with van der Waals surface area (Å²) in [6.07, 6.45) is 3.57. The Morgan fingerprint density at radius 1 is 1.00 bits per heavy atom. The first kappa shape index (κ1) is 23.8. The van der Waals surface area contributed by atoms with Crippen molar-refractivity contribution in [3.05, 3.63) is 102 Å². The zero-order valence-corrected chi connectivity index (χ0v) is 21.9. The van der Waals surface area contributed by atoms with E-state index in [2.05, 4.69) is 69.9 Å². The van der Waals surface area contributed by atoms with Crippen molar-refractivity contribution < 1.29 is 9.15 Å². The van der Waals surface area contributed by atoms with Crippen LogP contribution in [-0.2, 0) is 11.3 Å². The molecule has 2 saturated heterocycles. The molecular weight excluding hydrogens is 482 g/mol. The molecule has 0 bridgehead atoms. The first-order valence-corrected chi connectivity index (χ1v) is 13.1. The number of hydrogen-bond donors (Lipinski definition) is 1. The lowest BCUT2D eigenvalue weighted by molar-refractivity contribution is 0.122. The highest BCUT2D eigenvalue weighted by atomic mass is 32.1. The first-order chi connectivity index (χ1) is 18.1. The Kier molecular flexibility index (Phi) is 6.44. The highest BCUT2D eigenvalue weighted by Crippen LogP contribution is 2.43. The number of nitrogens with one attached hydrogen (secondary N) is 1. The number of aryl methyl sites for hydroxylation is 1. The molecular formula is C29H31N5O2S. The molecule has 0 amide bonds. The van der Waals surface area contributed by atoms with Crippen LogP contribution in [0.25, 0.3) is 0 Å².